The van der Waals surface area contributed by atoms with E-state index in [2.05, 4.69) is 10.1 Å². The molecule has 2 heterocycles. The molecule has 0 aliphatic carbocycles. The van der Waals surface area contributed by atoms with Gasteiger partial charge >= 0.3 is 5.97 Å². The zero-order valence-corrected chi connectivity index (χ0v) is 16.6. The number of aryl methyl sites for hydroxylation is 3. The highest BCUT2D eigenvalue weighted by atomic mass is 32.1. The number of carbonyl (C=O) groups is 1. The average molecular weight is 387 g/mol. The molecule has 0 spiro atoms. The maximum atomic E-state index is 11.3. The molecule has 0 aliphatic heterocycles. The molecule has 3 rings (SSSR count). The van der Waals surface area contributed by atoms with Crippen LogP contribution in [0.5, 0.6) is 17.4 Å². The summed E-state index contributed by atoms with van der Waals surface area (Å²) in [6, 6.07) is 3.61. The Labute approximate surface area is 161 Å². The highest BCUT2D eigenvalue weighted by Gasteiger charge is 2.20. The summed E-state index contributed by atoms with van der Waals surface area (Å²) >= 11 is 1.46. The Morgan fingerprint density at radius 3 is 2.56 bits per heavy atom. The van der Waals surface area contributed by atoms with Crippen LogP contribution < -0.4 is 9.47 Å². The number of rotatable bonds is 6. The molecule has 27 heavy (non-hydrogen) atoms. The highest BCUT2D eigenvalue weighted by molar-refractivity contribution is 7.13. The van der Waals surface area contributed by atoms with E-state index in [4.69, 9.17) is 9.47 Å². The van der Waals surface area contributed by atoms with E-state index < -0.39 is 12.1 Å². The molecular formula is C19H21N3O4S. The van der Waals surface area contributed by atoms with Crippen molar-refractivity contribution in [2.75, 3.05) is 0 Å². The topological polar surface area (TPSA) is 86.5 Å². The van der Waals surface area contributed by atoms with Crippen molar-refractivity contribution >= 4 is 17.3 Å². The molecule has 0 saturated carbocycles. The zero-order chi connectivity index (χ0) is 19.7. The van der Waals surface area contributed by atoms with E-state index in [9.17, 15) is 9.90 Å². The predicted molar refractivity (Wildman–Crippen MR) is 103 cm³/mol. The molecule has 1 aromatic carbocycles. The summed E-state index contributed by atoms with van der Waals surface area (Å²) < 4.78 is 13.5. The molecule has 0 aliphatic rings. The van der Waals surface area contributed by atoms with Gasteiger partial charge in [-0.2, -0.15) is 5.10 Å². The summed E-state index contributed by atoms with van der Waals surface area (Å²) in [5.74, 6) is 0.585. The summed E-state index contributed by atoms with van der Waals surface area (Å²) in [7, 11) is 1.82. The summed E-state index contributed by atoms with van der Waals surface area (Å²) in [6.45, 7) is 7.28. The van der Waals surface area contributed by atoms with Gasteiger partial charge in [-0.25, -0.2) is 14.5 Å². The van der Waals surface area contributed by atoms with E-state index in [1.807, 2.05) is 39.3 Å². The van der Waals surface area contributed by atoms with Crippen LogP contribution in [0.4, 0.5) is 0 Å². The van der Waals surface area contributed by atoms with Crippen molar-refractivity contribution in [1.82, 2.24) is 14.8 Å². The van der Waals surface area contributed by atoms with Crippen LogP contribution in [0, 0.1) is 20.8 Å². The first kappa shape index (κ1) is 18.9. The minimum absolute atomic E-state index is 0.414. The lowest BCUT2D eigenvalue weighted by molar-refractivity contribution is -0.144. The van der Waals surface area contributed by atoms with Gasteiger partial charge in [-0.3, -0.25) is 0 Å². The van der Waals surface area contributed by atoms with Crippen LogP contribution in [-0.4, -0.2) is 31.9 Å². The molecule has 2 aromatic heterocycles. The van der Waals surface area contributed by atoms with Crippen molar-refractivity contribution in [3.63, 3.8) is 0 Å². The summed E-state index contributed by atoms with van der Waals surface area (Å²) in [4.78, 5) is 15.6. The van der Waals surface area contributed by atoms with E-state index in [0.717, 1.165) is 27.4 Å². The molecule has 142 valence electrons. The van der Waals surface area contributed by atoms with Gasteiger partial charge in [0, 0.05) is 30.3 Å². The molecule has 1 N–H and O–H groups in total. The van der Waals surface area contributed by atoms with Gasteiger partial charge in [0.25, 0.3) is 0 Å². The third kappa shape index (κ3) is 3.80. The number of aromatic nitrogens is 3. The molecule has 0 saturated heterocycles. The van der Waals surface area contributed by atoms with Gasteiger partial charge in [0.05, 0.1) is 11.3 Å². The number of hydrogen-bond acceptors (Lipinski definition) is 6. The maximum Gasteiger partial charge on any atom is 0.344 e. The predicted octanol–water partition coefficient (Wildman–Crippen LogP) is 4.11. The lowest BCUT2D eigenvalue weighted by atomic mass is 10.1. The zero-order valence-electron chi connectivity index (χ0n) is 15.8. The largest absolute Gasteiger partial charge is 0.479 e. The molecule has 0 amide bonds. The number of aliphatic carboxylic acids is 1. The summed E-state index contributed by atoms with van der Waals surface area (Å²) in [5, 5.41) is 16.2. The second-order valence-corrected chi connectivity index (χ2v) is 7.19. The first-order chi connectivity index (χ1) is 12.8. The minimum Gasteiger partial charge on any atom is -0.479 e. The van der Waals surface area contributed by atoms with Crippen molar-refractivity contribution in [2.45, 2.75) is 33.8 Å². The summed E-state index contributed by atoms with van der Waals surface area (Å²) in [5.41, 5.74) is 3.46. The quantitative estimate of drug-likeness (QED) is 0.685. The van der Waals surface area contributed by atoms with Crippen molar-refractivity contribution in [3.8, 4) is 28.0 Å². The Hall–Kier alpha value is -2.87. The Bertz CT molecular complexity index is 980. The van der Waals surface area contributed by atoms with Gasteiger partial charge in [0.15, 0.2) is 6.10 Å². The average Bonchev–Trinajstić information content (AvgIpc) is 3.22. The fourth-order valence-corrected chi connectivity index (χ4v) is 3.29. The van der Waals surface area contributed by atoms with E-state index in [0.29, 0.717) is 17.4 Å². The van der Waals surface area contributed by atoms with E-state index in [-0.39, 0.29) is 0 Å². The Kier molecular flexibility index (Phi) is 5.18. The molecule has 1 atom stereocenters. The SMILES string of the molecule is Cc1cc(-c2nccs2)c(O[C@@H](C)C(=O)O)cc1Oc1c(C)c(C)nn1C. The van der Waals surface area contributed by atoms with Crippen LogP contribution in [-0.2, 0) is 11.8 Å². The van der Waals surface area contributed by atoms with Gasteiger partial charge in [-0.05, 0) is 39.3 Å². The second kappa shape index (κ2) is 7.40. The second-order valence-electron chi connectivity index (χ2n) is 6.29. The number of benzene rings is 1. The van der Waals surface area contributed by atoms with Crippen LogP contribution in [0.2, 0.25) is 0 Å². The Balaban J connectivity index is 2.06. The van der Waals surface area contributed by atoms with Gasteiger partial charge in [-0.15, -0.1) is 11.3 Å². The first-order valence-corrected chi connectivity index (χ1v) is 9.28. The fourth-order valence-electron chi connectivity index (χ4n) is 2.63. The third-order valence-electron chi connectivity index (χ3n) is 4.26. The number of hydrogen-bond donors (Lipinski definition) is 1. The smallest absolute Gasteiger partial charge is 0.344 e. The van der Waals surface area contributed by atoms with Gasteiger partial charge in [0.1, 0.15) is 16.5 Å². The lowest BCUT2D eigenvalue weighted by Crippen LogP contribution is -2.23. The molecule has 8 heteroatoms. The minimum atomic E-state index is -1.04. The number of nitrogens with zero attached hydrogens (tertiary/aromatic N) is 3. The highest BCUT2D eigenvalue weighted by Crippen LogP contribution is 2.39. The van der Waals surface area contributed by atoms with Gasteiger partial charge in [0.2, 0.25) is 5.88 Å². The molecule has 0 bridgehead atoms. The Morgan fingerprint density at radius 1 is 1.26 bits per heavy atom. The van der Waals surface area contributed by atoms with Gasteiger partial charge in [-0.1, -0.05) is 0 Å². The molecular weight excluding hydrogens is 366 g/mol. The van der Waals surface area contributed by atoms with Crippen LogP contribution in [0.3, 0.4) is 0 Å². The molecule has 0 fully saturated rings. The monoisotopic (exact) mass is 387 g/mol. The molecule has 7 nitrogen and oxygen atoms in total. The van der Waals surface area contributed by atoms with Crippen LogP contribution in [0.1, 0.15) is 23.7 Å². The van der Waals surface area contributed by atoms with Crippen molar-refractivity contribution in [1.29, 1.82) is 0 Å². The van der Waals surface area contributed by atoms with E-state index >= 15 is 0 Å². The molecule has 0 unspecified atom stereocenters. The van der Waals surface area contributed by atoms with Crippen LogP contribution in [0.25, 0.3) is 10.6 Å². The van der Waals surface area contributed by atoms with Crippen molar-refractivity contribution in [3.05, 3.63) is 40.5 Å². The molecule has 0 radical (unpaired) electrons. The first-order valence-electron chi connectivity index (χ1n) is 8.40. The van der Waals surface area contributed by atoms with Gasteiger partial charge < -0.3 is 14.6 Å². The fraction of sp³-hybridized carbons (Fsp3) is 0.316. The lowest BCUT2D eigenvalue weighted by Gasteiger charge is -2.17. The van der Waals surface area contributed by atoms with Crippen molar-refractivity contribution < 1.29 is 19.4 Å². The maximum absolute atomic E-state index is 11.3. The van der Waals surface area contributed by atoms with Crippen LogP contribution >= 0.6 is 11.3 Å². The molecule has 3 aromatic rings. The van der Waals surface area contributed by atoms with E-state index in [1.54, 1.807) is 16.9 Å². The number of thiazole rings is 1. The number of ether oxygens (including phenoxy) is 2. The summed E-state index contributed by atoms with van der Waals surface area (Å²) in [6.07, 6.45) is 0.700. The standard InChI is InChI=1S/C19H21N3O4S/c1-10-8-14(17-20-6-7-27-17)16(25-13(4)19(23)24)9-15(10)26-18-11(2)12(3)21-22(18)5/h6-9,13H,1-5H3,(H,23,24)/t13-/m0/s1. The van der Waals surface area contributed by atoms with Crippen molar-refractivity contribution in [2.24, 2.45) is 7.05 Å². The van der Waals surface area contributed by atoms with E-state index in [1.165, 1.54) is 18.3 Å². The Morgan fingerprint density at radius 2 is 2.00 bits per heavy atom. The third-order valence-corrected chi connectivity index (χ3v) is 5.06. The number of carboxylic acids is 1. The van der Waals surface area contributed by atoms with Crippen LogP contribution in [0.15, 0.2) is 23.7 Å². The normalized spacial score (nSPS) is 12.0. The number of carboxylic acid groups (broad SMARTS) is 1.